The molecule has 6 nitrogen and oxygen atoms in total. The van der Waals surface area contributed by atoms with Crippen molar-refractivity contribution in [1.82, 2.24) is 4.90 Å². The minimum atomic E-state index is -3.09. The second-order valence-electron chi connectivity index (χ2n) is 4.47. The number of sulfone groups is 1. The second-order valence-corrected chi connectivity index (χ2v) is 6.77. The van der Waals surface area contributed by atoms with Crippen LogP contribution < -0.4 is 0 Å². The molecule has 1 heterocycles. The normalized spacial score (nSPS) is 18.8. The number of hydrogen-bond donors (Lipinski definition) is 2. The van der Waals surface area contributed by atoms with Gasteiger partial charge in [0.1, 0.15) is 0 Å². The summed E-state index contributed by atoms with van der Waals surface area (Å²) in [6.07, 6.45) is 0.383. The average molecular weight is 285 g/mol. The highest BCUT2D eigenvalue weighted by Gasteiger charge is 2.25. The van der Waals surface area contributed by atoms with E-state index in [0.717, 1.165) is 0 Å². The smallest absolute Gasteiger partial charge is 0.257 e. The van der Waals surface area contributed by atoms with Crippen LogP contribution in [-0.2, 0) is 9.84 Å². The van der Waals surface area contributed by atoms with E-state index >= 15 is 0 Å². The van der Waals surface area contributed by atoms with Gasteiger partial charge >= 0.3 is 0 Å². The van der Waals surface area contributed by atoms with Gasteiger partial charge in [-0.05, 0) is 18.6 Å². The number of phenolic OH excluding ortho intramolecular Hbond substituents is 2. The number of phenols is 2. The first kappa shape index (κ1) is 13.7. The summed E-state index contributed by atoms with van der Waals surface area (Å²) in [4.78, 5) is 13.6. The van der Waals surface area contributed by atoms with Crippen LogP contribution >= 0.6 is 0 Å². The zero-order valence-electron chi connectivity index (χ0n) is 10.2. The van der Waals surface area contributed by atoms with Gasteiger partial charge in [0.25, 0.3) is 5.91 Å². The fourth-order valence-corrected chi connectivity index (χ4v) is 3.29. The molecule has 0 saturated carbocycles. The van der Waals surface area contributed by atoms with Crippen molar-refractivity contribution in [2.75, 3.05) is 24.6 Å². The molecule has 0 atom stereocenters. The van der Waals surface area contributed by atoms with E-state index in [0.29, 0.717) is 13.0 Å². The number of aromatic hydroxyl groups is 2. The summed E-state index contributed by atoms with van der Waals surface area (Å²) >= 11 is 0. The monoisotopic (exact) mass is 285 g/mol. The lowest BCUT2D eigenvalue weighted by molar-refractivity contribution is 0.0764. The number of hydrogen-bond acceptors (Lipinski definition) is 5. The van der Waals surface area contributed by atoms with Crippen LogP contribution in [0.1, 0.15) is 16.8 Å². The van der Waals surface area contributed by atoms with Crippen molar-refractivity contribution < 1.29 is 23.4 Å². The standard InChI is InChI=1S/C12H15NO5S/c14-10-4-1-3-9(11(10)15)12(16)13-5-2-7-19(17,18)8-6-13/h1,3-4,14-15H,2,5-8H2. The van der Waals surface area contributed by atoms with Crippen LogP contribution in [0.15, 0.2) is 18.2 Å². The molecule has 1 amide bonds. The van der Waals surface area contributed by atoms with Crippen molar-refractivity contribution in [2.45, 2.75) is 6.42 Å². The maximum Gasteiger partial charge on any atom is 0.257 e. The molecular formula is C12H15NO5S. The van der Waals surface area contributed by atoms with E-state index in [1.54, 1.807) is 0 Å². The van der Waals surface area contributed by atoms with Crippen LogP contribution in [0.4, 0.5) is 0 Å². The van der Waals surface area contributed by atoms with Gasteiger partial charge in [0.05, 0.1) is 17.1 Å². The number of carbonyl (C=O) groups excluding carboxylic acids is 1. The lowest BCUT2D eigenvalue weighted by atomic mass is 10.1. The molecule has 0 aromatic heterocycles. The Bertz CT molecular complexity index is 596. The number of carbonyl (C=O) groups is 1. The molecule has 2 N–H and O–H groups in total. The SMILES string of the molecule is O=C(c1cccc(O)c1O)N1CCCS(=O)(=O)CC1. The van der Waals surface area contributed by atoms with E-state index < -0.39 is 21.5 Å². The van der Waals surface area contributed by atoms with Crippen molar-refractivity contribution in [3.8, 4) is 11.5 Å². The lowest BCUT2D eigenvalue weighted by Gasteiger charge is -2.20. The van der Waals surface area contributed by atoms with Crippen LogP contribution in [0.25, 0.3) is 0 Å². The third kappa shape index (κ3) is 2.98. The maximum absolute atomic E-state index is 12.2. The van der Waals surface area contributed by atoms with Crippen LogP contribution in [0.5, 0.6) is 11.5 Å². The minimum Gasteiger partial charge on any atom is -0.504 e. The fourth-order valence-electron chi connectivity index (χ4n) is 2.02. The zero-order chi connectivity index (χ0) is 14.0. The molecule has 1 aromatic carbocycles. The highest BCUT2D eigenvalue weighted by Crippen LogP contribution is 2.29. The summed E-state index contributed by atoms with van der Waals surface area (Å²) in [5.74, 6) is -1.31. The average Bonchev–Trinajstić information content (AvgIpc) is 2.53. The number of nitrogens with zero attached hydrogens (tertiary/aromatic N) is 1. The molecule has 1 aliphatic rings. The Balaban J connectivity index is 2.22. The molecule has 19 heavy (non-hydrogen) atoms. The van der Waals surface area contributed by atoms with E-state index in [1.807, 2.05) is 0 Å². The Kier molecular flexibility index (Phi) is 3.66. The van der Waals surface area contributed by atoms with Gasteiger partial charge in [0.2, 0.25) is 0 Å². The van der Waals surface area contributed by atoms with Crippen LogP contribution in [0.2, 0.25) is 0 Å². The molecule has 0 aliphatic carbocycles. The summed E-state index contributed by atoms with van der Waals surface area (Å²) in [6.45, 7) is 0.434. The summed E-state index contributed by atoms with van der Waals surface area (Å²) in [5.41, 5.74) is -0.0145. The van der Waals surface area contributed by atoms with Crippen LogP contribution in [0.3, 0.4) is 0 Å². The number of rotatable bonds is 1. The molecule has 1 aliphatic heterocycles. The van der Waals surface area contributed by atoms with E-state index in [1.165, 1.54) is 23.1 Å². The van der Waals surface area contributed by atoms with Crippen molar-refractivity contribution >= 4 is 15.7 Å². The third-order valence-electron chi connectivity index (χ3n) is 3.09. The molecule has 2 rings (SSSR count). The van der Waals surface area contributed by atoms with E-state index in [9.17, 15) is 23.4 Å². The van der Waals surface area contributed by atoms with Crippen LogP contribution in [0, 0.1) is 0 Å². The van der Waals surface area contributed by atoms with Crippen molar-refractivity contribution in [2.24, 2.45) is 0 Å². The molecule has 104 valence electrons. The van der Waals surface area contributed by atoms with E-state index in [4.69, 9.17) is 0 Å². The number of amides is 1. The Morgan fingerprint density at radius 2 is 1.89 bits per heavy atom. The molecular weight excluding hydrogens is 270 g/mol. The molecule has 0 radical (unpaired) electrons. The summed E-state index contributed by atoms with van der Waals surface area (Å²) in [6, 6.07) is 4.13. The Morgan fingerprint density at radius 3 is 2.63 bits per heavy atom. The number of benzene rings is 1. The topological polar surface area (TPSA) is 94.9 Å². The minimum absolute atomic E-state index is 0.0145. The molecule has 0 bridgehead atoms. The molecule has 1 saturated heterocycles. The second kappa shape index (κ2) is 5.08. The predicted octanol–water partition coefficient (Wildman–Crippen LogP) is 0.358. The maximum atomic E-state index is 12.2. The van der Waals surface area contributed by atoms with Gasteiger partial charge in [0, 0.05) is 13.1 Å². The zero-order valence-corrected chi connectivity index (χ0v) is 11.1. The largest absolute Gasteiger partial charge is 0.504 e. The first-order valence-electron chi connectivity index (χ1n) is 5.91. The Hall–Kier alpha value is -1.76. The Labute approximate surface area is 111 Å². The van der Waals surface area contributed by atoms with Gasteiger partial charge in [-0.3, -0.25) is 4.79 Å². The van der Waals surface area contributed by atoms with Gasteiger partial charge in [-0.1, -0.05) is 6.07 Å². The molecule has 0 unspecified atom stereocenters. The van der Waals surface area contributed by atoms with Crippen molar-refractivity contribution in [3.63, 3.8) is 0 Å². The van der Waals surface area contributed by atoms with Gasteiger partial charge in [0.15, 0.2) is 21.3 Å². The lowest BCUT2D eigenvalue weighted by Crippen LogP contribution is -2.33. The van der Waals surface area contributed by atoms with Gasteiger partial charge in [-0.15, -0.1) is 0 Å². The molecule has 0 spiro atoms. The first-order valence-corrected chi connectivity index (χ1v) is 7.73. The van der Waals surface area contributed by atoms with Crippen molar-refractivity contribution in [1.29, 1.82) is 0 Å². The first-order chi connectivity index (χ1) is 8.91. The molecule has 1 aromatic rings. The molecule has 1 fully saturated rings. The Morgan fingerprint density at radius 1 is 1.16 bits per heavy atom. The van der Waals surface area contributed by atoms with E-state index in [-0.39, 0.29) is 29.4 Å². The summed E-state index contributed by atoms with van der Waals surface area (Å²) in [5, 5.41) is 19.0. The van der Waals surface area contributed by atoms with E-state index in [2.05, 4.69) is 0 Å². The summed E-state index contributed by atoms with van der Waals surface area (Å²) in [7, 11) is -3.09. The highest BCUT2D eigenvalue weighted by molar-refractivity contribution is 7.91. The number of para-hydroxylation sites is 1. The van der Waals surface area contributed by atoms with Crippen molar-refractivity contribution in [3.05, 3.63) is 23.8 Å². The van der Waals surface area contributed by atoms with Gasteiger partial charge in [-0.25, -0.2) is 8.42 Å². The summed E-state index contributed by atoms with van der Waals surface area (Å²) < 4.78 is 22.9. The van der Waals surface area contributed by atoms with Gasteiger partial charge in [-0.2, -0.15) is 0 Å². The highest BCUT2D eigenvalue weighted by atomic mass is 32.2. The van der Waals surface area contributed by atoms with Crippen LogP contribution in [-0.4, -0.2) is 54.0 Å². The predicted molar refractivity (Wildman–Crippen MR) is 68.9 cm³/mol. The fraction of sp³-hybridized carbons (Fsp3) is 0.417. The quantitative estimate of drug-likeness (QED) is 0.726. The third-order valence-corrected chi connectivity index (χ3v) is 4.80. The van der Waals surface area contributed by atoms with Gasteiger partial charge < -0.3 is 15.1 Å². The molecule has 7 heteroatoms.